The molecular weight excluding hydrogens is 276 g/mol. The smallest absolute Gasteiger partial charge is 0.269 e. The van der Waals surface area contributed by atoms with Crippen molar-refractivity contribution in [3.8, 4) is 0 Å². The molecule has 0 saturated heterocycles. The van der Waals surface area contributed by atoms with Crippen LogP contribution in [0.1, 0.15) is 40.2 Å². The molecule has 1 aliphatic carbocycles. The fraction of sp³-hybridized carbons (Fsp3) is 0.333. The molecule has 0 saturated carbocycles. The molecule has 1 atom stereocenters. The molecule has 3 rings (SSSR count). The minimum atomic E-state index is -0.992. The summed E-state index contributed by atoms with van der Waals surface area (Å²) >= 11 is 0. The summed E-state index contributed by atoms with van der Waals surface area (Å²) < 4.78 is 0. The lowest BCUT2D eigenvalue weighted by atomic mass is 9.79. The van der Waals surface area contributed by atoms with Crippen LogP contribution in [-0.4, -0.2) is 22.5 Å². The van der Waals surface area contributed by atoms with Crippen LogP contribution < -0.4 is 5.32 Å². The highest BCUT2D eigenvalue weighted by molar-refractivity contribution is 5.92. The predicted octanol–water partition coefficient (Wildman–Crippen LogP) is 2.34. The number of nitrogens with one attached hydrogen (secondary N) is 1. The molecule has 22 heavy (non-hydrogen) atoms. The second-order valence-electron chi connectivity index (χ2n) is 5.89. The van der Waals surface area contributed by atoms with E-state index in [4.69, 9.17) is 0 Å². The van der Waals surface area contributed by atoms with Crippen LogP contribution in [0.4, 0.5) is 0 Å². The Morgan fingerprint density at radius 3 is 2.91 bits per heavy atom. The lowest BCUT2D eigenvalue weighted by Crippen LogP contribution is -2.43. The van der Waals surface area contributed by atoms with Gasteiger partial charge in [-0.25, -0.2) is 4.98 Å². The number of aryl methyl sites for hydroxylation is 2. The second kappa shape index (κ2) is 5.89. The van der Waals surface area contributed by atoms with Crippen molar-refractivity contribution in [2.24, 2.45) is 0 Å². The first kappa shape index (κ1) is 14.7. The van der Waals surface area contributed by atoms with Gasteiger partial charge in [-0.1, -0.05) is 30.3 Å². The molecule has 4 heteroatoms. The summed E-state index contributed by atoms with van der Waals surface area (Å²) in [7, 11) is 0. The first-order chi connectivity index (χ1) is 10.6. The Morgan fingerprint density at radius 1 is 1.27 bits per heavy atom. The van der Waals surface area contributed by atoms with E-state index in [1.807, 2.05) is 43.3 Å². The molecule has 0 aliphatic heterocycles. The Morgan fingerprint density at radius 2 is 2.09 bits per heavy atom. The van der Waals surface area contributed by atoms with Crippen molar-refractivity contribution >= 4 is 5.91 Å². The molecule has 1 aromatic heterocycles. The van der Waals surface area contributed by atoms with E-state index >= 15 is 0 Å². The number of carbonyl (C=O) groups is 1. The number of rotatable bonds is 3. The van der Waals surface area contributed by atoms with Crippen molar-refractivity contribution in [1.29, 1.82) is 0 Å². The van der Waals surface area contributed by atoms with Gasteiger partial charge in [0.1, 0.15) is 11.3 Å². The third-order valence-corrected chi connectivity index (χ3v) is 4.22. The summed E-state index contributed by atoms with van der Waals surface area (Å²) in [6, 6.07) is 13.2. The molecule has 2 N–H and O–H groups in total. The lowest BCUT2D eigenvalue weighted by molar-refractivity contribution is 0.0189. The maximum atomic E-state index is 12.2. The molecule has 0 radical (unpaired) electrons. The summed E-state index contributed by atoms with van der Waals surface area (Å²) in [5, 5.41) is 13.8. The zero-order chi connectivity index (χ0) is 15.6. The minimum Gasteiger partial charge on any atom is -0.383 e. The highest BCUT2D eigenvalue weighted by atomic mass is 16.3. The number of nitrogens with zero attached hydrogens (tertiary/aromatic N) is 1. The largest absolute Gasteiger partial charge is 0.383 e. The number of aliphatic hydroxyl groups is 1. The minimum absolute atomic E-state index is 0.207. The van der Waals surface area contributed by atoms with Gasteiger partial charge in [0, 0.05) is 5.69 Å². The quantitative estimate of drug-likeness (QED) is 0.914. The normalized spacial score (nSPS) is 20.3. The number of aromatic nitrogens is 1. The second-order valence-corrected chi connectivity index (χ2v) is 5.89. The number of hydrogen-bond acceptors (Lipinski definition) is 3. The SMILES string of the molecule is Cc1cccc(C(=O)NCC2(O)CCCc3ccccc32)n1. The van der Waals surface area contributed by atoms with Crippen molar-refractivity contribution in [3.63, 3.8) is 0 Å². The molecule has 0 fully saturated rings. The van der Waals surface area contributed by atoms with Crippen LogP contribution in [0.2, 0.25) is 0 Å². The van der Waals surface area contributed by atoms with E-state index in [1.54, 1.807) is 6.07 Å². The topological polar surface area (TPSA) is 62.2 Å². The number of hydrogen-bond donors (Lipinski definition) is 2. The third-order valence-electron chi connectivity index (χ3n) is 4.22. The van der Waals surface area contributed by atoms with Gasteiger partial charge in [-0.2, -0.15) is 0 Å². The first-order valence-electron chi connectivity index (χ1n) is 7.61. The van der Waals surface area contributed by atoms with Gasteiger partial charge in [0.05, 0.1) is 6.54 Å². The number of amides is 1. The summed E-state index contributed by atoms with van der Waals surface area (Å²) in [4.78, 5) is 16.4. The summed E-state index contributed by atoms with van der Waals surface area (Å²) in [6.07, 6.45) is 2.56. The van der Waals surface area contributed by atoms with Crippen LogP contribution in [0.15, 0.2) is 42.5 Å². The molecule has 1 amide bonds. The Balaban J connectivity index is 1.75. The van der Waals surface area contributed by atoms with E-state index in [-0.39, 0.29) is 12.5 Å². The summed E-state index contributed by atoms with van der Waals surface area (Å²) in [5.41, 5.74) is 2.29. The van der Waals surface area contributed by atoms with Gasteiger partial charge in [0.15, 0.2) is 0 Å². The maximum absolute atomic E-state index is 12.2. The van der Waals surface area contributed by atoms with E-state index in [2.05, 4.69) is 10.3 Å². The molecule has 1 unspecified atom stereocenters. The van der Waals surface area contributed by atoms with Gasteiger partial charge in [0.25, 0.3) is 5.91 Å². The Hall–Kier alpha value is -2.20. The van der Waals surface area contributed by atoms with Crippen LogP contribution in [0.25, 0.3) is 0 Å². The number of carbonyl (C=O) groups excluding carboxylic acids is 1. The van der Waals surface area contributed by atoms with Crippen LogP contribution >= 0.6 is 0 Å². The van der Waals surface area contributed by atoms with Gasteiger partial charge < -0.3 is 10.4 Å². The summed E-state index contributed by atoms with van der Waals surface area (Å²) in [6.45, 7) is 2.06. The standard InChI is InChI=1S/C18H20N2O2/c1-13-6-4-10-16(20-13)17(21)19-12-18(22)11-5-8-14-7-2-3-9-15(14)18/h2-4,6-7,9-10,22H,5,8,11-12H2,1H3,(H,19,21). The fourth-order valence-electron chi connectivity index (χ4n) is 3.07. The Labute approximate surface area is 130 Å². The molecule has 1 aromatic carbocycles. The van der Waals surface area contributed by atoms with Crippen molar-refractivity contribution in [3.05, 3.63) is 65.0 Å². The number of pyridine rings is 1. The lowest BCUT2D eigenvalue weighted by Gasteiger charge is -2.34. The fourth-order valence-corrected chi connectivity index (χ4v) is 3.07. The molecule has 2 aromatic rings. The van der Waals surface area contributed by atoms with Gasteiger partial charge in [-0.05, 0) is 49.4 Å². The predicted molar refractivity (Wildman–Crippen MR) is 84.6 cm³/mol. The van der Waals surface area contributed by atoms with Crippen LogP contribution in [0.5, 0.6) is 0 Å². The van der Waals surface area contributed by atoms with Gasteiger partial charge in [0.2, 0.25) is 0 Å². The number of benzene rings is 1. The zero-order valence-electron chi connectivity index (χ0n) is 12.7. The first-order valence-corrected chi connectivity index (χ1v) is 7.61. The van der Waals surface area contributed by atoms with Gasteiger partial charge >= 0.3 is 0 Å². The average Bonchev–Trinajstić information content (AvgIpc) is 2.53. The van der Waals surface area contributed by atoms with Crippen molar-refractivity contribution in [2.75, 3.05) is 6.54 Å². The zero-order valence-corrected chi connectivity index (χ0v) is 12.7. The molecule has 1 heterocycles. The molecule has 0 bridgehead atoms. The molecular formula is C18H20N2O2. The third kappa shape index (κ3) is 2.88. The highest BCUT2D eigenvalue weighted by Gasteiger charge is 2.34. The Kier molecular flexibility index (Phi) is 3.94. The van der Waals surface area contributed by atoms with E-state index in [0.29, 0.717) is 12.1 Å². The molecule has 4 nitrogen and oxygen atoms in total. The van der Waals surface area contributed by atoms with E-state index in [9.17, 15) is 9.90 Å². The van der Waals surface area contributed by atoms with Crippen molar-refractivity contribution < 1.29 is 9.90 Å². The van der Waals surface area contributed by atoms with Crippen molar-refractivity contribution in [1.82, 2.24) is 10.3 Å². The van der Waals surface area contributed by atoms with E-state index in [1.165, 1.54) is 5.56 Å². The average molecular weight is 296 g/mol. The monoisotopic (exact) mass is 296 g/mol. The van der Waals surface area contributed by atoms with Crippen LogP contribution in [-0.2, 0) is 12.0 Å². The van der Waals surface area contributed by atoms with E-state index < -0.39 is 5.60 Å². The highest BCUT2D eigenvalue weighted by Crippen LogP contribution is 2.34. The molecule has 1 aliphatic rings. The molecule has 0 spiro atoms. The van der Waals surface area contributed by atoms with E-state index in [0.717, 1.165) is 24.1 Å². The van der Waals surface area contributed by atoms with Crippen LogP contribution in [0.3, 0.4) is 0 Å². The maximum Gasteiger partial charge on any atom is 0.269 e. The molecule has 114 valence electrons. The van der Waals surface area contributed by atoms with Crippen LogP contribution in [0, 0.1) is 6.92 Å². The number of fused-ring (bicyclic) bond motifs is 1. The van der Waals surface area contributed by atoms with Crippen molar-refractivity contribution in [2.45, 2.75) is 31.8 Å². The summed E-state index contributed by atoms with van der Waals surface area (Å²) in [5.74, 6) is -0.250. The Bertz CT molecular complexity index is 699. The van der Waals surface area contributed by atoms with Gasteiger partial charge in [-0.3, -0.25) is 4.79 Å². The van der Waals surface area contributed by atoms with Gasteiger partial charge in [-0.15, -0.1) is 0 Å².